The summed E-state index contributed by atoms with van der Waals surface area (Å²) in [5.74, 6) is -0.703. The van der Waals surface area contributed by atoms with Gasteiger partial charge in [-0.1, -0.05) is 6.08 Å². The molecule has 0 aromatic heterocycles. The van der Waals surface area contributed by atoms with Crippen LogP contribution in [0.2, 0.25) is 0 Å². The molecule has 0 amide bonds. The summed E-state index contributed by atoms with van der Waals surface area (Å²) in [6.07, 6.45) is 3.18. The number of carbonyl (C=O) groups is 1. The van der Waals surface area contributed by atoms with Gasteiger partial charge in [-0.25, -0.2) is 9.90 Å². The molecule has 57 valence electrons. The Morgan fingerprint density at radius 3 is 2.70 bits per heavy atom. The Bertz CT molecular complexity index is 129. The van der Waals surface area contributed by atoms with Crippen LogP contribution in [0.25, 0.3) is 0 Å². The molecular weight excluding hydrogens is 132 g/mol. The highest BCUT2D eigenvalue weighted by molar-refractivity contribution is 5.70. The zero-order chi connectivity index (χ0) is 7.98. The average Bonchev–Trinajstić information content (AvgIpc) is 1.88. The second kappa shape index (κ2) is 4.99. The van der Waals surface area contributed by atoms with Gasteiger partial charge in [0.1, 0.15) is 6.10 Å². The van der Waals surface area contributed by atoms with Crippen molar-refractivity contribution < 1.29 is 14.6 Å². The third-order valence-electron chi connectivity index (χ3n) is 0.899. The second-order valence-electron chi connectivity index (χ2n) is 1.87. The first-order valence-electron chi connectivity index (χ1n) is 3.11. The fourth-order valence-electron chi connectivity index (χ4n) is 0.552. The van der Waals surface area contributed by atoms with Gasteiger partial charge >= 0.3 is 5.97 Å². The number of allylic oxidation sites excluding steroid dienone is 1. The Balaban J connectivity index is 3.57. The molecule has 0 spiro atoms. The van der Waals surface area contributed by atoms with Gasteiger partial charge in [-0.2, -0.15) is 0 Å². The monoisotopic (exact) mass is 143 g/mol. The van der Waals surface area contributed by atoms with Gasteiger partial charge in [0.2, 0.25) is 0 Å². The van der Waals surface area contributed by atoms with E-state index in [2.05, 4.69) is 4.74 Å². The van der Waals surface area contributed by atoms with Crippen LogP contribution in [0.4, 0.5) is 0 Å². The van der Waals surface area contributed by atoms with Crippen molar-refractivity contribution >= 4 is 5.97 Å². The van der Waals surface area contributed by atoms with Gasteiger partial charge in [0, 0.05) is 0 Å². The molecule has 0 aliphatic carbocycles. The summed E-state index contributed by atoms with van der Waals surface area (Å²) in [5, 5.41) is 9.87. The highest BCUT2D eigenvalue weighted by Crippen LogP contribution is 1.92. The zero-order valence-corrected chi connectivity index (χ0v) is 6.16. The molecule has 3 heteroatoms. The summed E-state index contributed by atoms with van der Waals surface area (Å²) in [7, 11) is 0. The number of hydrogen-bond donors (Lipinski definition) is 0. The summed E-state index contributed by atoms with van der Waals surface area (Å²) in [6.45, 7) is 2.72. The van der Waals surface area contributed by atoms with Crippen molar-refractivity contribution in [2.75, 3.05) is 6.61 Å². The Kier molecular flexibility index (Phi) is 4.58. The maximum atomic E-state index is 10.3. The molecule has 3 nitrogen and oxygen atoms in total. The van der Waals surface area contributed by atoms with Crippen molar-refractivity contribution in [3.8, 4) is 0 Å². The molecule has 0 aromatic carbocycles. The first kappa shape index (κ1) is 9.17. The lowest BCUT2D eigenvalue weighted by Crippen LogP contribution is -2.14. The van der Waals surface area contributed by atoms with Crippen molar-refractivity contribution in [2.45, 2.75) is 20.0 Å². The van der Waals surface area contributed by atoms with E-state index >= 15 is 0 Å². The topological polar surface area (TPSA) is 46.2 Å². The lowest BCUT2D eigenvalue weighted by molar-refractivity contribution is -0.151. The van der Waals surface area contributed by atoms with Crippen LogP contribution in [0.1, 0.15) is 13.8 Å². The van der Waals surface area contributed by atoms with Crippen molar-refractivity contribution in [3.05, 3.63) is 12.2 Å². The van der Waals surface area contributed by atoms with Gasteiger partial charge in [0.15, 0.2) is 6.61 Å². The number of ether oxygens (including phenoxy) is 1. The van der Waals surface area contributed by atoms with Crippen LogP contribution in [0, 0.1) is 0 Å². The summed E-state index contributed by atoms with van der Waals surface area (Å²) >= 11 is 0. The van der Waals surface area contributed by atoms with Crippen LogP contribution in [-0.4, -0.2) is 18.7 Å². The van der Waals surface area contributed by atoms with Gasteiger partial charge < -0.3 is 4.74 Å². The molecule has 0 heterocycles. The second-order valence-corrected chi connectivity index (χ2v) is 1.87. The van der Waals surface area contributed by atoms with E-state index in [-0.39, 0.29) is 6.10 Å². The first-order chi connectivity index (χ1) is 4.70. The molecule has 0 bridgehead atoms. The number of hydrogen-bond acceptors (Lipinski definition) is 2. The largest absolute Gasteiger partial charge is 0.457 e. The lowest BCUT2D eigenvalue weighted by Gasteiger charge is -2.05. The summed E-state index contributed by atoms with van der Waals surface area (Å²) < 4.78 is 4.60. The van der Waals surface area contributed by atoms with Gasteiger partial charge in [0.25, 0.3) is 0 Å². The Labute approximate surface area is 60.3 Å². The summed E-state index contributed by atoms with van der Waals surface area (Å²) in [6, 6.07) is 0. The fraction of sp³-hybridized carbons (Fsp3) is 0.571. The highest BCUT2D eigenvalue weighted by atomic mass is 16.6. The molecule has 0 saturated heterocycles. The number of carbonyl (C=O) groups excluding carboxylic acids is 1. The highest BCUT2D eigenvalue weighted by Gasteiger charge is 2.03. The van der Waals surface area contributed by atoms with E-state index in [1.165, 1.54) is 0 Å². The Morgan fingerprint density at radius 1 is 1.70 bits per heavy atom. The number of esters is 1. The van der Waals surface area contributed by atoms with E-state index in [0.717, 1.165) is 0 Å². The van der Waals surface area contributed by atoms with E-state index < -0.39 is 12.6 Å². The molecule has 1 atom stereocenters. The quantitative estimate of drug-likeness (QED) is 0.435. The third-order valence-corrected chi connectivity index (χ3v) is 0.899. The number of rotatable bonds is 3. The summed E-state index contributed by atoms with van der Waals surface area (Å²) in [5.41, 5.74) is 0. The van der Waals surface area contributed by atoms with Crippen LogP contribution < -0.4 is 0 Å². The molecule has 1 radical (unpaired) electrons. The standard InChI is InChI=1S/C7H11O3/c1-3-4-6(2)10-7(9)5-8/h3-4,6H,5H2,1-2H3/b4-3+. The van der Waals surface area contributed by atoms with Crippen LogP contribution in [0.3, 0.4) is 0 Å². The molecule has 0 rings (SSSR count). The Morgan fingerprint density at radius 2 is 2.30 bits per heavy atom. The maximum absolute atomic E-state index is 10.3. The SMILES string of the molecule is C/C=C/C(C)OC(=O)C[O]. The van der Waals surface area contributed by atoms with Gasteiger partial charge in [0.05, 0.1) is 0 Å². The fourth-order valence-corrected chi connectivity index (χ4v) is 0.552. The zero-order valence-electron chi connectivity index (χ0n) is 6.16. The molecule has 0 aliphatic rings. The van der Waals surface area contributed by atoms with E-state index in [1.54, 1.807) is 19.1 Å². The maximum Gasteiger partial charge on any atom is 0.336 e. The predicted molar refractivity (Wildman–Crippen MR) is 35.9 cm³/mol. The van der Waals surface area contributed by atoms with E-state index in [0.29, 0.717) is 0 Å². The third kappa shape index (κ3) is 4.09. The Hall–Kier alpha value is -0.830. The smallest absolute Gasteiger partial charge is 0.336 e. The van der Waals surface area contributed by atoms with Crippen molar-refractivity contribution in [1.82, 2.24) is 0 Å². The van der Waals surface area contributed by atoms with Gasteiger partial charge in [-0.15, -0.1) is 0 Å². The molecular formula is C7H11O3. The van der Waals surface area contributed by atoms with E-state index in [4.69, 9.17) is 0 Å². The van der Waals surface area contributed by atoms with Crippen LogP contribution in [0.5, 0.6) is 0 Å². The molecule has 0 aromatic rings. The summed E-state index contributed by atoms with van der Waals surface area (Å²) in [4.78, 5) is 10.3. The van der Waals surface area contributed by atoms with Gasteiger partial charge in [-0.3, -0.25) is 0 Å². The average molecular weight is 143 g/mol. The van der Waals surface area contributed by atoms with Crippen molar-refractivity contribution in [3.63, 3.8) is 0 Å². The van der Waals surface area contributed by atoms with E-state index in [1.807, 2.05) is 6.92 Å². The van der Waals surface area contributed by atoms with Crippen LogP contribution in [-0.2, 0) is 14.6 Å². The molecule has 0 aliphatic heterocycles. The minimum absolute atomic E-state index is 0.286. The van der Waals surface area contributed by atoms with Crippen LogP contribution in [0.15, 0.2) is 12.2 Å². The minimum Gasteiger partial charge on any atom is -0.457 e. The molecule has 1 unspecified atom stereocenters. The lowest BCUT2D eigenvalue weighted by atomic mass is 10.3. The predicted octanol–water partition coefficient (Wildman–Crippen LogP) is 0.925. The first-order valence-corrected chi connectivity index (χ1v) is 3.11. The van der Waals surface area contributed by atoms with Crippen LogP contribution >= 0.6 is 0 Å². The molecule has 0 fully saturated rings. The van der Waals surface area contributed by atoms with Gasteiger partial charge in [-0.05, 0) is 19.9 Å². The molecule has 0 saturated carbocycles. The normalized spacial score (nSPS) is 13.5. The molecule has 10 heavy (non-hydrogen) atoms. The van der Waals surface area contributed by atoms with Crippen molar-refractivity contribution in [1.29, 1.82) is 0 Å². The minimum atomic E-state index is -0.804. The molecule has 0 N–H and O–H groups in total. The van der Waals surface area contributed by atoms with Crippen molar-refractivity contribution in [2.24, 2.45) is 0 Å². The van der Waals surface area contributed by atoms with E-state index in [9.17, 15) is 9.90 Å².